The van der Waals surface area contributed by atoms with E-state index in [1.807, 2.05) is 42.5 Å². The molecule has 3 aromatic rings. The van der Waals surface area contributed by atoms with Gasteiger partial charge in [-0.3, -0.25) is 4.79 Å². The van der Waals surface area contributed by atoms with Crippen molar-refractivity contribution in [2.24, 2.45) is 0 Å². The summed E-state index contributed by atoms with van der Waals surface area (Å²) in [6, 6.07) is 17.6. The van der Waals surface area contributed by atoms with Gasteiger partial charge in [0, 0.05) is 29.4 Å². The molecule has 2 heterocycles. The molecular weight excluding hydrogens is 386 g/mol. The van der Waals surface area contributed by atoms with Crippen molar-refractivity contribution in [3.63, 3.8) is 0 Å². The first kappa shape index (κ1) is 21.0. The number of hydrogen-bond acceptors (Lipinski definition) is 5. The molecule has 2 N–H and O–H groups in total. The van der Waals surface area contributed by atoms with E-state index < -0.39 is 0 Å². The van der Waals surface area contributed by atoms with Crippen LogP contribution in [0.5, 0.6) is 0 Å². The molecule has 6 nitrogen and oxygen atoms in total. The fourth-order valence-corrected chi connectivity index (χ4v) is 3.85. The highest BCUT2D eigenvalue weighted by Crippen LogP contribution is 2.22. The molecule has 0 radical (unpaired) electrons. The Morgan fingerprint density at radius 1 is 1.03 bits per heavy atom. The zero-order chi connectivity index (χ0) is 21.5. The number of amides is 1. The Bertz CT molecular complexity index is 1010. The van der Waals surface area contributed by atoms with Gasteiger partial charge < -0.3 is 15.5 Å². The van der Waals surface area contributed by atoms with Gasteiger partial charge in [0.15, 0.2) is 0 Å². The van der Waals surface area contributed by atoms with Gasteiger partial charge in [0.25, 0.3) is 5.91 Å². The number of anilines is 2. The van der Waals surface area contributed by atoms with Crippen LogP contribution in [0.1, 0.15) is 35.2 Å². The number of carbonyl (C=O) groups is 1. The SMILES string of the molecule is Cc1cccc(-c2cc(Nc3ccc(C(=O)NCCCN4CCCC4)cc3)ncn2)c1. The van der Waals surface area contributed by atoms with Gasteiger partial charge >= 0.3 is 0 Å². The first-order valence-electron chi connectivity index (χ1n) is 10.9. The van der Waals surface area contributed by atoms with Crippen molar-refractivity contribution >= 4 is 17.4 Å². The molecule has 0 unspecified atom stereocenters. The van der Waals surface area contributed by atoms with Gasteiger partial charge in [0.2, 0.25) is 0 Å². The summed E-state index contributed by atoms with van der Waals surface area (Å²) in [5.41, 5.74) is 4.65. The summed E-state index contributed by atoms with van der Waals surface area (Å²) < 4.78 is 0. The second kappa shape index (κ2) is 10.2. The third-order valence-corrected chi connectivity index (χ3v) is 5.54. The Balaban J connectivity index is 1.31. The smallest absolute Gasteiger partial charge is 0.251 e. The van der Waals surface area contributed by atoms with E-state index in [1.54, 1.807) is 6.33 Å². The van der Waals surface area contributed by atoms with Crippen LogP contribution in [0, 0.1) is 6.92 Å². The molecule has 1 saturated heterocycles. The quantitative estimate of drug-likeness (QED) is 0.533. The molecule has 1 aromatic heterocycles. The standard InChI is InChI=1S/C25H29N5O/c1-19-6-4-7-21(16-19)23-17-24(28-18-27-23)29-22-10-8-20(9-11-22)25(31)26-12-5-15-30-13-2-3-14-30/h4,6-11,16-18H,2-3,5,12-15H2,1H3,(H,26,31)(H,27,28,29). The molecule has 31 heavy (non-hydrogen) atoms. The number of likely N-dealkylation sites (tertiary alicyclic amines) is 1. The van der Waals surface area contributed by atoms with E-state index in [9.17, 15) is 4.79 Å². The molecule has 0 saturated carbocycles. The Hall–Kier alpha value is -3.25. The monoisotopic (exact) mass is 415 g/mol. The number of benzene rings is 2. The van der Waals surface area contributed by atoms with Crippen LogP contribution in [0.3, 0.4) is 0 Å². The van der Waals surface area contributed by atoms with E-state index in [0.717, 1.165) is 29.9 Å². The number of carbonyl (C=O) groups excluding carboxylic acids is 1. The minimum atomic E-state index is -0.0308. The summed E-state index contributed by atoms with van der Waals surface area (Å²) in [6.07, 6.45) is 5.15. The van der Waals surface area contributed by atoms with E-state index in [4.69, 9.17) is 0 Å². The van der Waals surface area contributed by atoms with Crippen LogP contribution in [-0.4, -0.2) is 47.0 Å². The highest BCUT2D eigenvalue weighted by atomic mass is 16.1. The minimum Gasteiger partial charge on any atom is -0.352 e. The summed E-state index contributed by atoms with van der Waals surface area (Å²) in [5.74, 6) is 0.683. The molecule has 1 aliphatic rings. The maximum atomic E-state index is 12.4. The van der Waals surface area contributed by atoms with Crippen molar-refractivity contribution in [1.29, 1.82) is 0 Å². The summed E-state index contributed by atoms with van der Waals surface area (Å²) in [4.78, 5) is 23.5. The molecule has 1 aliphatic heterocycles. The lowest BCUT2D eigenvalue weighted by molar-refractivity contribution is 0.0952. The molecule has 0 spiro atoms. The largest absolute Gasteiger partial charge is 0.352 e. The maximum absolute atomic E-state index is 12.4. The van der Waals surface area contributed by atoms with E-state index in [0.29, 0.717) is 17.9 Å². The second-order valence-electron chi connectivity index (χ2n) is 8.02. The van der Waals surface area contributed by atoms with Gasteiger partial charge in [0.05, 0.1) is 5.69 Å². The molecule has 2 aromatic carbocycles. The number of nitrogens with one attached hydrogen (secondary N) is 2. The number of nitrogens with zero attached hydrogens (tertiary/aromatic N) is 3. The molecule has 0 bridgehead atoms. The van der Waals surface area contributed by atoms with Crippen molar-refractivity contribution in [2.45, 2.75) is 26.2 Å². The average Bonchev–Trinajstić information content (AvgIpc) is 3.31. The topological polar surface area (TPSA) is 70.2 Å². The summed E-state index contributed by atoms with van der Waals surface area (Å²) in [5, 5.41) is 6.31. The zero-order valence-corrected chi connectivity index (χ0v) is 18.0. The number of aromatic nitrogens is 2. The van der Waals surface area contributed by atoms with Crippen LogP contribution < -0.4 is 10.6 Å². The Labute approximate surface area is 183 Å². The van der Waals surface area contributed by atoms with Crippen LogP contribution in [0.4, 0.5) is 11.5 Å². The molecule has 1 amide bonds. The van der Waals surface area contributed by atoms with Crippen LogP contribution in [0.2, 0.25) is 0 Å². The van der Waals surface area contributed by atoms with Crippen LogP contribution >= 0.6 is 0 Å². The number of aryl methyl sites for hydroxylation is 1. The summed E-state index contributed by atoms with van der Waals surface area (Å²) in [7, 11) is 0. The zero-order valence-electron chi connectivity index (χ0n) is 18.0. The molecule has 160 valence electrons. The van der Waals surface area contributed by atoms with Crippen molar-refractivity contribution in [3.8, 4) is 11.3 Å². The van der Waals surface area contributed by atoms with Crippen molar-refractivity contribution < 1.29 is 4.79 Å². The number of hydrogen-bond donors (Lipinski definition) is 2. The van der Waals surface area contributed by atoms with Gasteiger partial charge in [-0.15, -0.1) is 0 Å². The van der Waals surface area contributed by atoms with E-state index in [2.05, 4.69) is 44.6 Å². The van der Waals surface area contributed by atoms with E-state index in [-0.39, 0.29) is 5.91 Å². The Kier molecular flexibility index (Phi) is 6.89. The number of rotatable bonds is 8. The van der Waals surface area contributed by atoms with Crippen LogP contribution in [0.25, 0.3) is 11.3 Å². The van der Waals surface area contributed by atoms with Gasteiger partial charge in [0.1, 0.15) is 12.1 Å². The lowest BCUT2D eigenvalue weighted by atomic mass is 10.1. The fourth-order valence-electron chi connectivity index (χ4n) is 3.85. The first-order valence-corrected chi connectivity index (χ1v) is 10.9. The molecule has 4 rings (SSSR count). The van der Waals surface area contributed by atoms with Crippen molar-refractivity contribution in [3.05, 3.63) is 72.1 Å². The normalized spacial score (nSPS) is 13.8. The highest BCUT2D eigenvalue weighted by molar-refractivity contribution is 5.94. The predicted molar refractivity (Wildman–Crippen MR) is 125 cm³/mol. The summed E-state index contributed by atoms with van der Waals surface area (Å²) >= 11 is 0. The molecule has 0 aliphatic carbocycles. The first-order chi connectivity index (χ1) is 15.2. The molecule has 0 atom stereocenters. The van der Waals surface area contributed by atoms with Crippen LogP contribution in [0.15, 0.2) is 60.9 Å². The van der Waals surface area contributed by atoms with E-state index >= 15 is 0 Å². The fraction of sp³-hybridized carbons (Fsp3) is 0.320. The van der Waals surface area contributed by atoms with Crippen LogP contribution in [-0.2, 0) is 0 Å². The van der Waals surface area contributed by atoms with Gasteiger partial charge in [-0.2, -0.15) is 0 Å². The van der Waals surface area contributed by atoms with Crippen molar-refractivity contribution in [1.82, 2.24) is 20.2 Å². The highest BCUT2D eigenvalue weighted by Gasteiger charge is 2.11. The minimum absolute atomic E-state index is 0.0308. The van der Waals surface area contributed by atoms with Gasteiger partial charge in [-0.1, -0.05) is 23.8 Å². The lowest BCUT2D eigenvalue weighted by Gasteiger charge is -2.14. The second-order valence-corrected chi connectivity index (χ2v) is 8.02. The van der Waals surface area contributed by atoms with E-state index in [1.165, 1.54) is 31.5 Å². The lowest BCUT2D eigenvalue weighted by Crippen LogP contribution is -2.28. The third-order valence-electron chi connectivity index (χ3n) is 5.54. The van der Waals surface area contributed by atoms with Crippen molar-refractivity contribution in [2.75, 3.05) is 31.5 Å². The predicted octanol–water partition coefficient (Wildman–Crippen LogP) is 4.41. The summed E-state index contributed by atoms with van der Waals surface area (Å²) in [6.45, 7) is 6.22. The molecule has 1 fully saturated rings. The van der Waals surface area contributed by atoms with Gasteiger partial charge in [-0.05, 0) is 76.2 Å². The van der Waals surface area contributed by atoms with Gasteiger partial charge in [-0.25, -0.2) is 9.97 Å². The Morgan fingerprint density at radius 3 is 2.61 bits per heavy atom. The maximum Gasteiger partial charge on any atom is 0.251 e. The average molecular weight is 416 g/mol. The third kappa shape index (κ3) is 5.89. The molecular formula is C25H29N5O. The Morgan fingerprint density at radius 2 is 1.84 bits per heavy atom. The molecule has 6 heteroatoms.